The van der Waals surface area contributed by atoms with Crippen molar-refractivity contribution in [2.75, 3.05) is 0 Å². The molecule has 0 fully saturated rings. The van der Waals surface area contributed by atoms with Crippen LogP contribution in [-0.2, 0) is 0 Å². The molecule has 2 nitrogen and oxygen atoms in total. The molecule has 0 saturated carbocycles. The smallest absolute Gasteiger partial charge is 0.187 e. The molecule has 0 heterocycles. The van der Waals surface area contributed by atoms with Crippen molar-refractivity contribution < 1.29 is 0 Å². The summed E-state index contributed by atoms with van der Waals surface area (Å²) < 4.78 is 0. The SMILES string of the molecule is [C-]#[N+]c1ccc(C=Cc2ccc(C=Cc3cccc(C#N)c3)cc2)cc1. The second-order valence-corrected chi connectivity index (χ2v) is 5.77. The van der Waals surface area contributed by atoms with Crippen molar-refractivity contribution in [3.63, 3.8) is 0 Å². The maximum atomic E-state index is 8.94. The van der Waals surface area contributed by atoms with Gasteiger partial charge in [0.1, 0.15) is 0 Å². The Morgan fingerprint density at radius 2 is 1.19 bits per heavy atom. The summed E-state index contributed by atoms with van der Waals surface area (Å²) in [6, 6.07) is 25.5. The normalized spacial score (nSPS) is 10.7. The molecular weight excluding hydrogens is 316 g/mol. The van der Waals surface area contributed by atoms with Gasteiger partial charge in [0.25, 0.3) is 0 Å². The fourth-order valence-electron chi connectivity index (χ4n) is 2.47. The highest BCUT2D eigenvalue weighted by atomic mass is 14.6. The molecule has 0 aliphatic carbocycles. The standard InChI is InChI=1S/C24H16N2/c1-26-24-15-13-21(14-16-24)10-9-19-5-7-20(8-6-19)11-12-22-3-2-4-23(17-22)18-25/h2-17H. The average molecular weight is 332 g/mol. The third kappa shape index (κ3) is 4.57. The number of rotatable bonds is 4. The van der Waals surface area contributed by atoms with Crippen LogP contribution in [0.4, 0.5) is 5.69 Å². The summed E-state index contributed by atoms with van der Waals surface area (Å²) in [6.07, 6.45) is 8.13. The van der Waals surface area contributed by atoms with Gasteiger partial charge in [0, 0.05) is 0 Å². The first-order valence-corrected chi connectivity index (χ1v) is 8.21. The lowest BCUT2D eigenvalue weighted by Crippen LogP contribution is -1.77. The van der Waals surface area contributed by atoms with E-state index >= 15 is 0 Å². The first-order valence-electron chi connectivity index (χ1n) is 8.21. The van der Waals surface area contributed by atoms with E-state index in [4.69, 9.17) is 11.8 Å². The van der Waals surface area contributed by atoms with Crippen molar-refractivity contribution in [2.45, 2.75) is 0 Å². The second kappa shape index (κ2) is 8.29. The van der Waals surface area contributed by atoms with Gasteiger partial charge in [-0.05, 0) is 34.4 Å². The first kappa shape index (κ1) is 17.0. The third-order valence-electron chi connectivity index (χ3n) is 3.91. The quantitative estimate of drug-likeness (QED) is 0.398. The van der Waals surface area contributed by atoms with Crippen LogP contribution in [0.2, 0.25) is 0 Å². The summed E-state index contributed by atoms with van der Waals surface area (Å²) in [5, 5.41) is 8.94. The van der Waals surface area contributed by atoms with Crippen LogP contribution in [0.1, 0.15) is 27.8 Å². The van der Waals surface area contributed by atoms with Gasteiger partial charge >= 0.3 is 0 Å². The van der Waals surface area contributed by atoms with Crippen molar-refractivity contribution in [1.29, 1.82) is 5.26 Å². The predicted octanol–water partition coefficient (Wildman–Crippen LogP) is 6.45. The van der Waals surface area contributed by atoms with Crippen LogP contribution in [0, 0.1) is 17.9 Å². The zero-order valence-corrected chi connectivity index (χ0v) is 14.1. The van der Waals surface area contributed by atoms with E-state index in [9.17, 15) is 0 Å². The molecule has 0 spiro atoms. The molecule has 0 aliphatic heterocycles. The van der Waals surface area contributed by atoms with Gasteiger partial charge in [0.2, 0.25) is 0 Å². The first-order chi connectivity index (χ1) is 12.8. The maximum Gasteiger partial charge on any atom is 0.187 e. The van der Waals surface area contributed by atoms with E-state index in [1.165, 1.54) is 0 Å². The van der Waals surface area contributed by atoms with Gasteiger partial charge < -0.3 is 0 Å². The molecule has 0 aromatic heterocycles. The highest BCUT2D eigenvalue weighted by molar-refractivity contribution is 5.73. The summed E-state index contributed by atoms with van der Waals surface area (Å²) in [6.45, 7) is 6.97. The molecule has 0 bridgehead atoms. The number of nitrogens with zero attached hydrogens (tertiary/aromatic N) is 2. The molecule has 3 aromatic carbocycles. The van der Waals surface area contributed by atoms with Gasteiger partial charge in [-0.1, -0.05) is 85.0 Å². The Balaban J connectivity index is 1.68. The van der Waals surface area contributed by atoms with Crippen LogP contribution in [-0.4, -0.2) is 0 Å². The van der Waals surface area contributed by atoms with Crippen molar-refractivity contribution in [2.24, 2.45) is 0 Å². The monoisotopic (exact) mass is 332 g/mol. The van der Waals surface area contributed by atoms with Crippen molar-refractivity contribution in [1.82, 2.24) is 0 Å². The van der Waals surface area contributed by atoms with Gasteiger partial charge in [0.05, 0.1) is 18.2 Å². The predicted molar refractivity (Wildman–Crippen MR) is 108 cm³/mol. The molecule has 122 valence electrons. The molecule has 0 atom stereocenters. The molecule has 0 unspecified atom stereocenters. The van der Waals surface area contributed by atoms with E-state index in [1.807, 2.05) is 60.7 Å². The van der Waals surface area contributed by atoms with E-state index in [0.29, 0.717) is 11.3 Å². The zero-order valence-electron chi connectivity index (χ0n) is 14.1. The lowest BCUT2D eigenvalue weighted by molar-refractivity contribution is 1.48. The number of hydrogen-bond acceptors (Lipinski definition) is 1. The van der Waals surface area contributed by atoms with E-state index in [1.54, 1.807) is 6.07 Å². The van der Waals surface area contributed by atoms with E-state index in [-0.39, 0.29) is 0 Å². The molecule has 3 rings (SSSR count). The Hall–Kier alpha value is -3.88. The summed E-state index contributed by atoms with van der Waals surface area (Å²) in [4.78, 5) is 3.39. The molecule has 0 amide bonds. The number of nitriles is 1. The van der Waals surface area contributed by atoms with Crippen LogP contribution < -0.4 is 0 Å². The fraction of sp³-hybridized carbons (Fsp3) is 0. The Morgan fingerprint density at radius 3 is 1.69 bits per heavy atom. The molecule has 26 heavy (non-hydrogen) atoms. The van der Waals surface area contributed by atoms with Gasteiger partial charge in [-0.3, -0.25) is 0 Å². The maximum absolute atomic E-state index is 8.94. The van der Waals surface area contributed by atoms with Gasteiger partial charge in [0.15, 0.2) is 5.69 Å². The molecule has 3 aromatic rings. The number of hydrogen-bond donors (Lipinski definition) is 0. The minimum absolute atomic E-state index is 0.651. The minimum atomic E-state index is 0.651. The van der Waals surface area contributed by atoms with E-state index in [0.717, 1.165) is 22.3 Å². The largest absolute Gasteiger partial charge is 0.238 e. The lowest BCUT2D eigenvalue weighted by atomic mass is 10.1. The van der Waals surface area contributed by atoms with Crippen LogP contribution in [0.15, 0.2) is 72.8 Å². The van der Waals surface area contributed by atoms with Crippen LogP contribution >= 0.6 is 0 Å². The van der Waals surface area contributed by atoms with Gasteiger partial charge in [-0.15, -0.1) is 0 Å². The molecule has 0 radical (unpaired) electrons. The summed E-state index contributed by atoms with van der Waals surface area (Å²) in [5.41, 5.74) is 5.61. The summed E-state index contributed by atoms with van der Waals surface area (Å²) in [7, 11) is 0. The van der Waals surface area contributed by atoms with E-state index in [2.05, 4.69) is 41.3 Å². The average Bonchev–Trinajstić information content (AvgIpc) is 2.72. The molecule has 0 N–H and O–H groups in total. The van der Waals surface area contributed by atoms with Crippen LogP contribution in [0.3, 0.4) is 0 Å². The fourth-order valence-corrected chi connectivity index (χ4v) is 2.47. The highest BCUT2D eigenvalue weighted by Gasteiger charge is 1.93. The van der Waals surface area contributed by atoms with Crippen LogP contribution in [0.25, 0.3) is 29.1 Å². The highest BCUT2D eigenvalue weighted by Crippen LogP contribution is 2.16. The van der Waals surface area contributed by atoms with E-state index < -0.39 is 0 Å². The van der Waals surface area contributed by atoms with Crippen LogP contribution in [0.5, 0.6) is 0 Å². The molecule has 0 saturated heterocycles. The van der Waals surface area contributed by atoms with Crippen molar-refractivity contribution >= 4 is 30.0 Å². The van der Waals surface area contributed by atoms with Crippen molar-refractivity contribution in [3.8, 4) is 6.07 Å². The van der Waals surface area contributed by atoms with Gasteiger partial charge in [-0.25, -0.2) is 4.85 Å². The molecular formula is C24H16N2. The lowest BCUT2D eigenvalue weighted by Gasteiger charge is -1.98. The Bertz CT molecular complexity index is 1030. The molecule has 0 aliphatic rings. The summed E-state index contributed by atoms with van der Waals surface area (Å²) in [5.74, 6) is 0. The Morgan fingerprint density at radius 1 is 0.692 bits per heavy atom. The topological polar surface area (TPSA) is 28.1 Å². The minimum Gasteiger partial charge on any atom is -0.238 e. The molecule has 2 heteroatoms. The van der Waals surface area contributed by atoms with Gasteiger partial charge in [-0.2, -0.15) is 5.26 Å². The number of benzene rings is 3. The third-order valence-corrected chi connectivity index (χ3v) is 3.91. The Kier molecular flexibility index (Phi) is 5.41. The summed E-state index contributed by atoms with van der Waals surface area (Å²) >= 11 is 0. The second-order valence-electron chi connectivity index (χ2n) is 5.77. The zero-order chi connectivity index (χ0) is 18.2. The Labute approximate surface area is 153 Å². The van der Waals surface area contributed by atoms with Crippen molar-refractivity contribution in [3.05, 3.63) is 112 Å².